The molecule has 1 aromatic rings. The van der Waals surface area contributed by atoms with Crippen molar-refractivity contribution in [2.45, 2.75) is 24.7 Å². The molecular formula is C11H13ClF2N2O2S. The van der Waals surface area contributed by atoms with Crippen molar-refractivity contribution in [3.63, 3.8) is 0 Å². The van der Waals surface area contributed by atoms with Crippen LogP contribution in [0.2, 0.25) is 5.02 Å². The van der Waals surface area contributed by atoms with E-state index < -0.39 is 31.7 Å². The molecule has 0 saturated carbocycles. The Balaban J connectivity index is 2.62. The maximum absolute atomic E-state index is 13.8. The van der Waals surface area contributed by atoms with E-state index in [1.165, 1.54) is 0 Å². The first-order valence-corrected chi connectivity index (χ1v) is 7.93. The molecule has 2 heterocycles. The Kier molecular flexibility index (Phi) is 3.96. The number of anilines is 1. The lowest BCUT2D eigenvalue weighted by atomic mass is 10.2. The van der Waals surface area contributed by atoms with Crippen molar-refractivity contribution < 1.29 is 17.2 Å². The molecule has 2 rings (SSSR count). The lowest BCUT2D eigenvalue weighted by Gasteiger charge is -2.31. The third kappa shape index (κ3) is 2.53. The molecule has 0 aromatic carbocycles. The molecule has 0 radical (unpaired) electrons. The number of fused-ring (bicyclic) bond motifs is 1. The summed E-state index contributed by atoms with van der Waals surface area (Å²) in [5.41, 5.74) is -0.203. The van der Waals surface area contributed by atoms with Gasteiger partial charge in [-0.1, -0.05) is 24.9 Å². The molecule has 0 N–H and O–H groups in total. The Morgan fingerprint density at radius 3 is 2.68 bits per heavy atom. The van der Waals surface area contributed by atoms with E-state index in [0.717, 1.165) is 12.8 Å². The molecule has 0 aliphatic carbocycles. The molecule has 0 bridgehead atoms. The molecule has 1 aromatic heterocycles. The number of rotatable bonds is 3. The number of hydrogen-bond donors (Lipinski definition) is 0. The minimum absolute atomic E-state index is 0.163. The first-order chi connectivity index (χ1) is 8.88. The Morgan fingerprint density at radius 2 is 2.05 bits per heavy atom. The Hall–Kier alpha value is -0.950. The average Bonchev–Trinajstić information content (AvgIpc) is 2.33. The summed E-state index contributed by atoms with van der Waals surface area (Å²) < 4.78 is 51.0. The predicted molar refractivity (Wildman–Crippen MR) is 68.3 cm³/mol. The standard InChI is InChI=1S/C11H13ClF2N2O2S/c1-2-3-4-16-5-6-19(17,18)9-7(12)10(13)15-11(14)8(9)16/h2-6H2,1H3. The summed E-state index contributed by atoms with van der Waals surface area (Å²) in [7, 11) is -3.77. The van der Waals surface area contributed by atoms with E-state index in [0.29, 0.717) is 6.54 Å². The van der Waals surface area contributed by atoms with Crippen LogP contribution in [-0.2, 0) is 9.84 Å². The van der Waals surface area contributed by atoms with Gasteiger partial charge in [0.2, 0.25) is 11.9 Å². The summed E-state index contributed by atoms with van der Waals surface area (Å²) in [5.74, 6) is -2.62. The van der Waals surface area contributed by atoms with Gasteiger partial charge in [0.25, 0.3) is 0 Å². The highest BCUT2D eigenvalue weighted by molar-refractivity contribution is 7.91. The maximum atomic E-state index is 13.8. The molecule has 0 amide bonds. The first kappa shape index (κ1) is 14.5. The summed E-state index contributed by atoms with van der Waals surface area (Å²) in [5, 5.41) is -0.627. The van der Waals surface area contributed by atoms with E-state index in [4.69, 9.17) is 11.6 Å². The summed E-state index contributed by atoms with van der Waals surface area (Å²) in [6.45, 7) is 2.61. The van der Waals surface area contributed by atoms with Gasteiger partial charge < -0.3 is 4.90 Å². The first-order valence-electron chi connectivity index (χ1n) is 5.90. The van der Waals surface area contributed by atoms with E-state index in [1.807, 2.05) is 6.92 Å². The van der Waals surface area contributed by atoms with Crippen LogP contribution in [0.3, 0.4) is 0 Å². The van der Waals surface area contributed by atoms with Crippen LogP contribution in [0.25, 0.3) is 0 Å². The summed E-state index contributed by atoms with van der Waals surface area (Å²) in [6, 6.07) is 0. The third-order valence-corrected chi connectivity index (χ3v) is 5.22. The third-order valence-electron chi connectivity index (χ3n) is 3.03. The number of pyridine rings is 1. The normalized spacial score (nSPS) is 17.4. The van der Waals surface area contributed by atoms with Crippen LogP contribution in [0.4, 0.5) is 14.5 Å². The van der Waals surface area contributed by atoms with Crippen LogP contribution >= 0.6 is 11.6 Å². The molecule has 0 saturated heterocycles. The molecule has 19 heavy (non-hydrogen) atoms. The molecular weight excluding hydrogens is 298 g/mol. The van der Waals surface area contributed by atoms with Gasteiger partial charge >= 0.3 is 0 Å². The second-order valence-corrected chi connectivity index (χ2v) is 6.77. The minimum Gasteiger partial charge on any atom is -0.366 e. The number of sulfone groups is 1. The second-order valence-electron chi connectivity index (χ2n) is 4.34. The Bertz CT molecular complexity index is 607. The fourth-order valence-corrected chi connectivity index (χ4v) is 4.07. The van der Waals surface area contributed by atoms with Crippen molar-refractivity contribution in [2.75, 3.05) is 23.7 Å². The molecule has 4 nitrogen and oxygen atoms in total. The van der Waals surface area contributed by atoms with Gasteiger partial charge in [-0.15, -0.1) is 0 Å². The highest BCUT2D eigenvalue weighted by Gasteiger charge is 2.35. The molecule has 8 heteroatoms. The van der Waals surface area contributed by atoms with Crippen LogP contribution in [0.5, 0.6) is 0 Å². The highest BCUT2D eigenvalue weighted by Crippen LogP contribution is 2.38. The molecule has 0 unspecified atom stereocenters. The van der Waals surface area contributed by atoms with Crippen LogP contribution in [0.15, 0.2) is 4.90 Å². The van der Waals surface area contributed by atoms with Crippen LogP contribution in [0.1, 0.15) is 19.8 Å². The number of nitrogens with zero attached hydrogens (tertiary/aromatic N) is 2. The number of hydrogen-bond acceptors (Lipinski definition) is 4. The molecule has 0 atom stereocenters. The van der Waals surface area contributed by atoms with E-state index >= 15 is 0 Å². The zero-order chi connectivity index (χ0) is 14.2. The predicted octanol–water partition coefficient (Wildman–Crippen LogP) is 2.41. The summed E-state index contributed by atoms with van der Waals surface area (Å²) in [6.07, 6.45) is 1.65. The van der Waals surface area contributed by atoms with Crippen molar-refractivity contribution >= 4 is 27.1 Å². The fraction of sp³-hybridized carbons (Fsp3) is 0.545. The summed E-state index contributed by atoms with van der Waals surface area (Å²) >= 11 is 5.66. The lowest BCUT2D eigenvalue weighted by molar-refractivity contribution is 0.497. The van der Waals surface area contributed by atoms with Gasteiger partial charge in [-0.2, -0.15) is 13.8 Å². The van der Waals surface area contributed by atoms with E-state index in [-0.39, 0.29) is 18.0 Å². The molecule has 1 aliphatic rings. The van der Waals surface area contributed by atoms with Gasteiger partial charge in [0.1, 0.15) is 15.6 Å². The van der Waals surface area contributed by atoms with Gasteiger partial charge in [0, 0.05) is 13.1 Å². The fourth-order valence-electron chi connectivity index (χ4n) is 2.05. The van der Waals surface area contributed by atoms with Crippen molar-refractivity contribution in [3.8, 4) is 0 Å². The summed E-state index contributed by atoms with van der Waals surface area (Å²) in [4.78, 5) is 4.13. The van der Waals surface area contributed by atoms with E-state index in [1.54, 1.807) is 4.90 Å². The maximum Gasteiger partial charge on any atom is 0.240 e. The zero-order valence-electron chi connectivity index (χ0n) is 10.3. The van der Waals surface area contributed by atoms with Crippen molar-refractivity contribution in [1.82, 2.24) is 4.98 Å². The van der Waals surface area contributed by atoms with Crippen molar-refractivity contribution in [3.05, 3.63) is 16.9 Å². The largest absolute Gasteiger partial charge is 0.366 e. The van der Waals surface area contributed by atoms with Gasteiger partial charge in [-0.3, -0.25) is 0 Å². The highest BCUT2D eigenvalue weighted by atomic mass is 35.5. The monoisotopic (exact) mass is 310 g/mol. The topological polar surface area (TPSA) is 50.3 Å². The van der Waals surface area contributed by atoms with Gasteiger partial charge in [0.15, 0.2) is 9.84 Å². The number of halogens is 3. The van der Waals surface area contributed by atoms with Crippen LogP contribution < -0.4 is 4.90 Å². The SMILES string of the molecule is CCCCN1CCS(=O)(=O)c2c(Cl)c(F)nc(F)c21. The number of aromatic nitrogens is 1. The minimum atomic E-state index is -3.77. The second kappa shape index (κ2) is 5.20. The van der Waals surface area contributed by atoms with Crippen LogP contribution in [0, 0.1) is 11.9 Å². The van der Waals surface area contributed by atoms with Gasteiger partial charge in [-0.25, -0.2) is 8.42 Å². The lowest BCUT2D eigenvalue weighted by Crippen LogP contribution is -2.37. The molecule has 0 fully saturated rings. The van der Waals surface area contributed by atoms with Crippen molar-refractivity contribution in [2.24, 2.45) is 0 Å². The Morgan fingerprint density at radius 1 is 1.37 bits per heavy atom. The molecule has 1 aliphatic heterocycles. The average molecular weight is 311 g/mol. The molecule has 106 valence electrons. The van der Waals surface area contributed by atoms with E-state index in [9.17, 15) is 17.2 Å². The van der Waals surface area contributed by atoms with Crippen LogP contribution in [-0.4, -0.2) is 32.2 Å². The van der Waals surface area contributed by atoms with E-state index in [2.05, 4.69) is 4.98 Å². The quantitative estimate of drug-likeness (QED) is 0.805. The Labute approximate surface area is 115 Å². The number of unbranched alkanes of at least 4 members (excludes halogenated alkanes) is 1. The van der Waals surface area contributed by atoms with Gasteiger partial charge in [-0.05, 0) is 6.42 Å². The smallest absolute Gasteiger partial charge is 0.240 e. The van der Waals surface area contributed by atoms with Gasteiger partial charge in [0.05, 0.1) is 5.75 Å². The van der Waals surface area contributed by atoms with Crippen molar-refractivity contribution in [1.29, 1.82) is 0 Å². The molecule has 0 spiro atoms. The zero-order valence-corrected chi connectivity index (χ0v) is 11.9.